The van der Waals surface area contributed by atoms with E-state index in [1.807, 2.05) is 0 Å². The Kier molecular flexibility index (Phi) is 6.58. The fraction of sp³-hybridized carbons (Fsp3) is 0.526. The van der Waals surface area contributed by atoms with E-state index in [1.165, 1.54) is 23.9 Å². The molecule has 1 saturated carbocycles. The largest absolute Gasteiger partial charge is 0.393 e. The highest BCUT2D eigenvalue weighted by Crippen LogP contribution is 2.32. The average molecular weight is 455 g/mol. The molecule has 1 aliphatic rings. The molecule has 0 aromatic carbocycles. The fourth-order valence-corrected chi connectivity index (χ4v) is 5.21. The first kappa shape index (κ1) is 22.8. The molecule has 3 atom stereocenters. The summed E-state index contributed by atoms with van der Waals surface area (Å²) in [5, 5.41) is 30.4. The number of aliphatic hydroxyl groups is 2. The van der Waals surface area contributed by atoms with Gasteiger partial charge in [0.05, 0.1) is 27.9 Å². The van der Waals surface area contributed by atoms with Crippen LogP contribution in [0.15, 0.2) is 24.0 Å². The van der Waals surface area contributed by atoms with Gasteiger partial charge in [0, 0.05) is 12.2 Å². The third kappa shape index (κ3) is 5.61. The Labute approximate surface area is 179 Å². The molecule has 0 aliphatic heterocycles. The molecule has 0 radical (unpaired) electrons. The SMILES string of the molecule is CC(C)(O)c1csc(C(=O)c2cncnc2N[C@@H]2C[C@H](CCS(N)(=O)=O)[C@@H](O)C2)c1. The first-order chi connectivity index (χ1) is 13.9. The summed E-state index contributed by atoms with van der Waals surface area (Å²) < 4.78 is 22.4. The number of primary sulfonamides is 1. The van der Waals surface area contributed by atoms with Crippen molar-refractivity contribution < 1.29 is 23.4 Å². The standard InChI is InChI=1S/C19H26N4O5S2/c1-19(2,26)12-6-16(29-9-12)17(25)14-8-21-10-22-18(14)23-13-5-11(15(24)7-13)3-4-30(20,27)28/h6,8-11,13,15,24,26H,3-5,7H2,1-2H3,(H2,20,27,28)(H,21,22,23)/t11-,13+,15-/m0/s1. The van der Waals surface area contributed by atoms with Crippen molar-refractivity contribution in [2.45, 2.75) is 50.9 Å². The zero-order valence-corrected chi connectivity index (χ0v) is 18.4. The van der Waals surface area contributed by atoms with Gasteiger partial charge in [-0.15, -0.1) is 11.3 Å². The van der Waals surface area contributed by atoms with Gasteiger partial charge in [0.2, 0.25) is 15.8 Å². The van der Waals surface area contributed by atoms with E-state index < -0.39 is 21.7 Å². The minimum absolute atomic E-state index is 0.165. The minimum Gasteiger partial charge on any atom is -0.393 e. The lowest BCUT2D eigenvalue weighted by atomic mass is 10.0. The summed E-state index contributed by atoms with van der Waals surface area (Å²) in [6.07, 6.45) is 3.34. The van der Waals surface area contributed by atoms with Gasteiger partial charge in [0.1, 0.15) is 12.1 Å². The Morgan fingerprint density at radius 3 is 2.77 bits per heavy atom. The van der Waals surface area contributed by atoms with Crippen LogP contribution in [-0.4, -0.2) is 52.3 Å². The number of thiophene rings is 1. The number of anilines is 1. The second-order valence-corrected chi connectivity index (χ2v) is 10.8. The molecule has 0 unspecified atom stereocenters. The third-order valence-electron chi connectivity index (χ3n) is 5.26. The van der Waals surface area contributed by atoms with Crippen LogP contribution in [0.1, 0.15) is 53.9 Å². The van der Waals surface area contributed by atoms with Gasteiger partial charge in [-0.2, -0.15) is 0 Å². The summed E-state index contributed by atoms with van der Waals surface area (Å²) in [5.74, 6) is -0.283. The van der Waals surface area contributed by atoms with Gasteiger partial charge in [-0.05, 0) is 56.0 Å². The Balaban J connectivity index is 1.73. The second-order valence-electron chi connectivity index (χ2n) is 8.17. The Hall–Kier alpha value is -1.92. The maximum atomic E-state index is 13.0. The number of rotatable bonds is 8. The number of hydrogen-bond acceptors (Lipinski definition) is 9. The van der Waals surface area contributed by atoms with Crippen LogP contribution >= 0.6 is 11.3 Å². The monoisotopic (exact) mass is 454 g/mol. The Bertz CT molecular complexity index is 1020. The number of sulfonamides is 1. The van der Waals surface area contributed by atoms with E-state index in [2.05, 4.69) is 15.3 Å². The molecule has 2 aromatic rings. The molecular formula is C19H26N4O5S2. The molecule has 9 nitrogen and oxygen atoms in total. The lowest BCUT2D eigenvalue weighted by Crippen LogP contribution is -2.22. The lowest BCUT2D eigenvalue weighted by Gasteiger charge is -2.16. The molecule has 1 fully saturated rings. The number of aromatic nitrogens is 2. The number of nitrogens with zero attached hydrogens (tertiary/aromatic N) is 2. The summed E-state index contributed by atoms with van der Waals surface area (Å²) in [7, 11) is -3.58. The molecule has 1 aliphatic carbocycles. The van der Waals surface area contributed by atoms with Crippen molar-refractivity contribution in [2.24, 2.45) is 11.1 Å². The minimum atomic E-state index is -3.58. The van der Waals surface area contributed by atoms with Crippen LogP contribution in [0.5, 0.6) is 0 Å². The fourth-order valence-electron chi connectivity index (χ4n) is 3.56. The van der Waals surface area contributed by atoms with Crippen molar-refractivity contribution in [3.63, 3.8) is 0 Å². The molecule has 0 amide bonds. The number of carbonyl (C=O) groups is 1. The molecule has 2 aromatic heterocycles. The maximum absolute atomic E-state index is 13.0. The molecule has 2 heterocycles. The van der Waals surface area contributed by atoms with Crippen LogP contribution in [0.25, 0.3) is 0 Å². The van der Waals surface area contributed by atoms with Crippen LogP contribution < -0.4 is 10.5 Å². The van der Waals surface area contributed by atoms with Crippen LogP contribution in [0.4, 0.5) is 5.82 Å². The number of aliphatic hydroxyl groups excluding tert-OH is 1. The van der Waals surface area contributed by atoms with Crippen LogP contribution in [-0.2, 0) is 15.6 Å². The van der Waals surface area contributed by atoms with Crippen molar-refractivity contribution in [2.75, 3.05) is 11.1 Å². The summed E-state index contributed by atoms with van der Waals surface area (Å²) in [6.45, 7) is 3.30. The van der Waals surface area contributed by atoms with Gasteiger partial charge in [-0.25, -0.2) is 23.5 Å². The van der Waals surface area contributed by atoms with E-state index in [-0.39, 0.29) is 29.9 Å². The van der Waals surface area contributed by atoms with Crippen LogP contribution in [0, 0.1) is 5.92 Å². The topological polar surface area (TPSA) is 155 Å². The van der Waals surface area contributed by atoms with Gasteiger partial charge in [-0.1, -0.05) is 0 Å². The van der Waals surface area contributed by atoms with Gasteiger partial charge in [0.25, 0.3) is 0 Å². The van der Waals surface area contributed by atoms with E-state index >= 15 is 0 Å². The molecule has 0 spiro atoms. The Morgan fingerprint density at radius 2 is 2.13 bits per heavy atom. The van der Waals surface area contributed by atoms with E-state index in [0.29, 0.717) is 34.7 Å². The van der Waals surface area contributed by atoms with Gasteiger partial charge >= 0.3 is 0 Å². The summed E-state index contributed by atoms with van der Waals surface area (Å²) in [6, 6.07) is 1.49. The van der Waals surface area contributed by atoms with Crippen LogP contribution in [0.2, 0.25) is 0 Å². The Morgan fingerprint density at radius 1 is 1.40 bits per heavy atom. The van der Waals surface area contributed by atoms with E-state index in [4.69, 9.17) is 5.14 Å². The van der Waals surface area contributed by atoms with E-state index in [1.54, 1.807) is 25.3 Å². The molecular weight excluding hydrogens is 428 g/mol. The van der Waals surface area contributed by atoms with Gasteiger partial charge in [-0.3, -0.25) is 4.79 Å². The molecule has 0 saturated heterocycles. The number of hydrogen-bond donors (Lipinski definition) is 4. The molecule has 5 N–H and O–H groups in total. The third-order valence-corrected chi connectivity index (χ3v) is 6.99. The predicted molar refractivity (Wildman–Crippen MR) is 114 cm³/mol. The normalized spacial score (nSPS) is 22.2. The van der Waals surface area contributed by atoms with Crippen molar-refractivity contribution in [1.29, 1.82) is 0 Å². The smallest absolute Gasteiger partial charge is 0.209 e. The quantitative estimate of drug-likeness (QED) is 0.434. The highest BCUT2D eigenvalue weighted by Gasteiger charge is 2.34. The number of nitrogens with one attached hydrogen (secondary N) is 1. The summed E-state index contributed by atoms with van der Waals surface area (Å²) >= 11 is 1.24. The average Bonchev–Trinajstić information content (AvgIpc) is 3.26. The second kappa shape index (κ2) is 8.67. The summed E-state index contributed by atoms with van der Waals surface area (Å²) in [4.78, 5) is 21.6. The first-order valence-electron chi connectivity index (χ1n) is 9.55. The zero-order valence-electron chi connectivity index (χ0n) is 16.8. The predicted octanol–water partition coefficient (Wildman–Crippen LogP) is 1.23. The van der Waals surface area contributed by atoms with Gasteiger partial charge in [0.15, 0.2) is 0 Å². The van der Waals surface area contributed by atoms with Gasteiger partial charge < -0.3 is 15.5 Å². The highest BCUT2D eigenvalue weighted by molar-refractivity contribution is 7.89. The van der Waals surface area contributed by atoms with Crippen molar-refractivity contribution in [3.05, 3.63) is 40.0 Å². The van der Waals surface area contributed by atoms with Crippen molar-refractivity contribution in [3.8, 4) is 0 Å². The number of nitrogens with two attached hydrogens (primary N) is 1. The van der Waals surface area contributed by atoms with E-state index in [9.17, 15) is 23.4 Å². The zero-order chi connectivity index (χ0) is 22.1. The molecule has 164 valence electrons. The van der Waals surface area contributed by atoms with Crippen molar-refractivity contribution >= 4 is 33.0 Å². The van der Waals surface area contributed by atoms with Crippen LogP contribution in [0.3, 0.4) is 0 Å². The summed E-state index contributed by atoms with van der Waals surface area (Å²) in [5.41, 5.74) is -0.0992. The highest BCUT2D eigenvalue weighted by atomic mass is 32.2. The molecule has 11 heteroatoms. The molecule has 3 rings (SSSR count). The number of carbonyl (C=O) groups excluding carboxylic acids is 1. The number of ketones is 1. The first-order valence-corrected chi connectivity index (χ1v) is 12.1. The molecule has 0 bridgehead atoms. The lowest BCUT2D eigenvalue weighted by molar-refractivity contribution is 0.0790. The molecule has 30 heavy (non-hydrogen) atoms. The maximum Gasteiger partial charge on any atom is 0.209 e. The van der Waals surface area contributed by atoms with Crippen molar-refractivity contribution in [1.82, 2.24) is 9.97 Å². The van der Waals surface area contributed by atoms with E-state index in [0.717, 1.165) is 0 Å².